The highest BCUT2D eigenvalue weighted by atomic mass is 19.1. The summed E-state index contributed by atoms with van der Waals surface area (Å²) in [5.41, 5.74) is 1.64. The summed E-state index contributed by atoms with van der Waals surface area (Å²) in [6, 6.07) is 7.25. The van der Waals surface area contributed by atoms with Crippen LogP contribution in [0.4, 0.5) is 4.39 Å². The predicted octanol–water partition coefficient (Wildman–Crippen LogP) is 3.52. The number of hydrogen-bond acceptors (Lipinski definition) is 2. The Morgan fingerprint density at radius 1 is 1.05 bits per heavy atom. The van der Waals surface area contributed by atoms with E-state index in [1.807, 2.05) is 12.1 Å². The monoisotopic (exact) mass is 266 g/mol. The first kappa shape index (κ1) is 14.5. The molecule has 0 aromatic heterocycles. The summed E-state index contributed by atoms with van der Waals surface area (Å²) in [5, 5.41) is 18.0. The molecular weight excluding hydrogens is 243 g/mol. The number of halogens is 1. The van der Waals surface area contributed by atoms with Gasteiger partial charge in [-0.25, -0.2) is 4.39 Å². The summed E-state index contributed by atoms with van der Waals surface area (Å²) < 4.78 is 13.9. The highest BCUT2D eigenvalue weighted by Crippen LogP contribution is 2.29. The van der Waals surface area contributed by atoms with Crippen molar-refractivity contribution in [1.82, 2.24) is 0 Å². The van der Waals surface area contributed by atoms with Crippen molar-refractivity contribution in [2.75, 3.05) is 0 Å². The summed E-state index contributed by atoms with van der Waals surface area (Å²) in [7, 11) is 0. The molecule has 1 aromatic rings. The molecule has 106 valence electrons. The third-order valence-electron chi connectivity index (χ3n) is 4.15. The number of alkyl halides is 1. The SMILES string of the molecule is OC(O)c1ccc(CCC2CCCCCC2F)cc1. The van der Waals surface area contributed by atoms with E-state index >= 15 is 0 Å². The molecule has 2 unspecified atom stereocenters. The molecule has 0 amide bonds. The van der Waals surface area contributed by atoms with Gasteiger partial charge in [0, 0.05) is 5.56 Å². The molecule has 2 N–H and O–H groups in total. The molecular formula is C16H23FO2. The third-order valence-corrected chi connectivity index (χ3v) is 4.15. The van der Waals surface area contributed by atoms with Crippen LogP contribution in [0.25, 0.3) is 0 Å². The Morgan fingerprint density at radius 3 is 2.42 bits per heavy atom. The normalized spacial score (nSPS) is 24.4. The first-order valence-electron chi connectivity index (χ1n) is 7.26. The smallest absolute Gasteiger partial charge is 0.178 e. The zero-order valence-corrected chi connectivity index (χ0v) is 11.3. The maximum absolute atomic E-state index is 13.9. The van der Waals surface area contributed by atoms with Crippen molar-refractivity contribution in [3.63, 3.8) is 0 Å². The van der Waals surface area contributed by atoms with Gasteiger partial charge in [-0.1, -0.05) is 43.5 Å². The fraction of sp³-hybridized carbons (Fsp3) is 0.625. The van der Waals surface area contributed by atoms with Crippen LogP contribution in [-0.4, -0.2) is 16.4 Å². The van der Waals surface area contributed by atoms with Crippen LogP contribution in [0.15, 0.2) is 24.3 Å². The quantitative estimate of drug-likeness (QED) is 0.646. The number of aliphatic hydroxyl groups is 2. The summed E-state index contributed by atoms with van der Waals surface area (Å²) in [6.07, 6.45) is 4.79. The van der Waals surface area contributed by atoms with Gasteiger partial charge in [-0.05, 0) is 37.2 Å². The largest absolute Gasteiger partial charge is 0.364 e. The highest BCUT2D eigenvalue weighted by molar-refractivity contribution is 5.23. The van der Waals surface area contributed by atoms with Crippen molar-refractivity contribution < 1.29 is 14.6 Å². The van der Waals surface area contributed by atoms with Gasteiger partial charge in [-0.2, -0.15) is 0 Å². The number of rotatable bonds is 4. The van der Waals surface area contributed by atoms with Gasteiger partial charge in [0.2, 0.25) is 0 Å². The van der Waals surface area contributed by atoms with Crippen molar-refractivity contribution in [3.8, 4) is 0 Å². The molecule has 0 spiro atoms. The van der Waals surface area contributed by atoms with Crippen LogP contribution in [0, 0.1) is 5.92 Å². The summed E-state index contributed by atoms with van der Waals surface area (Å²) in [6.45, 7) is 0. The lowest BCUT2D eigenvalue weighted by Gasteiger charge is -2.18. The average molecular weight is 266 g/mol. The molecule has 2 atom stereocenters. The zero-order chi connectivity index (χ0) is 13.7. The molecule has 1 aliphatic rings. The molecule has 1 aromatic carbocycles. The minimum absolute atomic E-state index is 0.200. The first-order valence-corrected chi connectivity index (χ1v) is 7.26. The van der Waals surface area contributed by atoms with E-state index in [0.29, 0.717) is 5.56 Å². The fourth-order valence-corrected chi connectivity index (χ4v) is 2.87. The molecule has 1 fully saturated rings. The van der Waals surface area contributed by atoms with Crippen molar-refractivity contribution in [2.45, 2.75) is 57.4 Å². The van der Waals surface area contributed by atoms with Crippen molar-refractivity contribution >= 4 is 0 Å². The van der Waals surface area contributed by atoms with Crippen molar-refractivity contribution in [2.24, 2.45) is 5.92 Å². The third kappa shape index (κ3) is 4.29. The Labute approximate surface area is 114 Å². The fourth-order valence-electron chi connectivity index (χ4n) is 2.87. The molecule has 0 bridgehead atoms. The van der Waals surface area contributed by atoms with Crippen LogP contribution in [-0.2, 0) is 6.42 Å². The Morgan fingerprint density at radius 2 is 1.74 bits per heavy atom. The topological polar surface area (TPSA) is 40.5 Å². The van der Waals surface area contributed by atoms with Gasteiger partial charge in [0.1, 0.15) is 6.17 Å². The highest BCUT2D eigenvalue weighted by Gasteiger charge is 2.22. The standard InChI is InChI=1S/C16H23FO2/c17-15-5-3-1-2-4-13(15)9-6-12-7-10-14(11-8-12)16(18)19/h7-8,10-11,13,15-16,18-19H,1-6,9H2. The molecule has 0 saturated heterocycles. The van der Waals surface area contributed by atoms with Crippen molar-refractivity contribution in [1.29, 1.82) is 0 Å². The number of aryl methyl sites for hydroxylation is 1. The summed E-state index contributed by atoms with van der Waals surface area (Å²) in [5.74, 6) is 0.200. The molecule has 2 rings (SSSR count). The minimum atomic E-state index is -1.41. The number of benzene rings is 1. The van der Waals surface area contributed by atoms with E-state index < -0.39 is 12.5 Å². The maximum Gasteiger partial charge on any atom is 0.178 e. The van der Waals surface area contributed by atoms with Gasteiger partial charge >= 0.3 is 0 Å². The lowest BCUT2D eigenvalue weighted by Crippen LogP contribution is -2.15. The lowest BCUT2D eigenvalue weighted by molar-refractivity contribution is -0.0424. The molecule has 0 heterocycles. The Bertz CT molecular complexity index is 375. The predicted molar refractivity (Wildman–Crippen MR) is 73.4 cm³/mol. The van der Waals surface area contributed by atoms with Gasteiger partial charge in [0.15, 0.2) is 6.29 Å². The van der Waals surface area contributed by atoms with Crippen LogP contribution in [0.2, 0.25) is 0 Å². The van der Waals surface area contributed by atoms with Crippen LogP contribution in [0.1, 0.15) is 55.9 Å². The first-order chi connectivity index (χ1) is 9.16. The molecule has 1 saturated carbocycles. The summed E-state index contributed by atoms with van der Waals surface area (Å²) in [4.78, 5) is 0. The van der Waals surface area contributed by atoms with Crippen LogP contribution >= 0.6 is 0 Å². The molecule has 1 aliphatic carbocycles. The van der Waals surface area contributed by atoms with E-state index in [-0.39, 0.29) is 5.92 Å². The van der Waals surface area contributed by atoms with Crippen molar-refractivity contribution in [3.05, 3.63) is 35.4 Å². The van der Waals surface area contributed by atoms with E-state index in [9.17, 15) is 4.39 Å². The van der Waals surface area contributed by atoms with Crippen LogP contribution in [0.3, 0.4) is 0 Å². The van der Waals surface area contributed by atoms with E-state index in [1.54, 1.807) is 12.1 Å². The molecule has 3 heteroatoms. The second-order valence-corrected chi connectivity index (χ2v) is 5.57. The second kappa shape index (κ2) is 7.01. The second-order valence-electron chi connectivity index (χ2n) is 5.57. The minimum Gasteiger partial charge on any atom is -0.364 e. The Kier molecular flexibility index (Phi) is 5.34. The Hall–Kier alpha value is -0.930. The van der Waals surface area contributed by atoms with Gasteiger partial charge in [0.25, 0.3) is 0 Å². The van der Waals surface area contributed by atoms with Gasteiger partial charge in [-0.15, -0.1) is 0 Å². The average Bonchev–Trinajstić information content (AvgIpc) is 2.61. The van der Waals surface area contributed by atoms with Crippen LogP contribution in [0.5, 0.6) is 0 Å². The lowest BCUT2D eigenvalue weighted by atomic mass is 9.91. The maximum atomic E-state index is 13.9. The zero-order valence-electron chi connectivity index (χ0n) is 11.3. The van der Waals surface area contributed by atoms with E-state index in [1.165, 1.54) is 6.42 Å². The summed E-state index contributed by atoms with van der Waals surface area (Å²) >= 11 is 0. The molecule has 2 nitrogen and oxygen atoms in total. The van der Waals surface area contributed by atoms with Crippen LogP contribution < -0.4 is 0 Å². The molecule has 0 aliphatic heterocycles. The molecule has 19 heavy (non-hydrogen) atoms. The number of hydrogen-bond donors (Lipinski definition) is 2. The van der Waals surface area contributed by atoms with Gasteiger partial charge in [0.05, 0.1) is 0 Å². The van der Waals surface area contributed by atoms with Gasteiger partial charge in [-0.3, -0.25) is 0 Å². The molecule has 0 radical (unpaired) electrons. The van der Waals surface area contributed by atoms with E-state index in [2.05, 4.69) is 0 Å². The Balaban J connectivity index is 1.87. The van der Waals surface area contributed by atoms with E-state index in [0.717, 1.165) is 44.1 Å². The van der Waals surface area contributed by atoms with E-state index in [4.69, 9.17) is 10.2 Å². The van der Waals surface area contributed by atoms with Gasteiger partial charge < -0.3 is 10.2 Å². The number of aliphatic hydroxyl groups excluding tert-OH is 1.